The van der Waals surface area contributed by atoms with Crippen LogP contribution in [0.1, 0.15) is 65.5 Å². The van der Waals surface area contributed by atoms with Crippen LogP contribution in [-0.4, -0.2) is 14.7 Å². The number of halogens is 3. The Morgan fingerprint density at radius 3 is 1.97 bits per heavy atom. The summed E-state index contributed by atoms with van der Waals surface area (Å²) in [5.74, 6) is 0.397. The van der Waals surface area contributed by atoms with E-state index >= 15 is 0 Å². The Bertz CT molecular complexity index is 1050. The molecule has 2 aromatic carbocycles. The van der Waals surface area contributed by atoms with Crippen molar-refractivity contribution < 1.29 is 26.4 Å². The first-order valence-corrected chi connectivity index (χ1v) is 12.1. The highest BCUT2D eigenvalue weighted by Crippen LogP contribution is 2.38. The van der Waals surface area contributed by atoms with E-state index in [1.165, 1.54) is 24.3 Å². The van der Waals surface area contributed by atoms with Gasteiger partial charge in [-0.15, -0.1) is 5.43 Å². The molecule has 3 N–H and O–H groups in total. The highest BCUT2D eigenvalue weighted by Gasteiger charge is 2.28. The lowest BCUT2D eigenvalue weighted by atomic mass is 9.76. The molecule has 33 heavy (non-hydrogen) atoms. The van der Waals surface area contributed by atoms with E-state index in [9.17, 15) is 21.6 Å². The van der Waals surface area contributed by atoms with E-state index < -0.39 is 16.3 Å². The summed E-state index contributed by atoms with van der Waals surface area (Å²) < 4.78 is 62.1. The van der Waals surface area contributed by atoms with Crippen molar-refractivity contribution in [1.29, 1.82) is 0 Å². The first kappa shape index (κ1) is 26.9. The minimum atomic E-state index is -4.62. The molecule has 0 aliphatic heterocycles. The van der Waals surface area contributed by atoms with Crippen LogP contribution in [0, 0.1) is 0 Å². The minimum Gasteiger partial charge on any atom is -0.393 e. The van der Waals surface area contributed by atoms with Crippen LogP contribution in [0.4, 0.5) is 18.9 Å². The molecule has 0 radical (unpaired) electrons. The summed E-state index contributed by atoms with van der Waals surface area (Å²) in [6, 6.07) is 10.5. The number of nitrogens with one attached hydrogen (secondary N) is 3. The van der Waals surface area contributed by atoms with Gasteiger partial charge in [0.15, 0.2) is 5.75 Å². The zero-order valence-electron chi connectivity index (χ0n) is 19.7. The summed E-state index contributed by atoms with van der Waals surface area (Å²) in [6.45, 7) is 12.6. The Balaban J connectivity index is 2.25. The van der Waals surface area contributed by atoms with E-state index in [-0.39, 0.29) is 21.4 Å². The van der Waals surface area contributed by atoms with Crippen molar-refractivity contribution in [3.63, 3.8) is 0 Å². The zero-order chi connectivity index (χ0) is 25.1. The third-order valence-corrected chi connectivity index (χ3v) is 7.23. The van der Waals surface area contributed by atoms with E-state index in [1.54, 1.807) is 6.07 Å². The first-order valence-electron chi connectivity index (χ1n) is 10.6. The number of hydrazine groups is 1. The van der Waals surface area contributed by atoms with Crippen LogP contribution in [0.5, 0.6) is 5.75 Å². The van der Waals surface area contributed by atoms with Crippen LogP contribution < -0.4 is 20.6 Å². The van der Waals surface area contributed by atoms with Crippen LogP contribution in [0.25, 0.3) is 0 Å². The van der Waals surface area contributed by atoms with E-state index in [0.29, 0.717) is 5.75 Å². The lowest BCUT2D eigenvalue weighted by Crippen LogP contribution is -2.36. The predicted octanol–water partition coefficient (Wildman–Crippen LogP) is 5.77. The molecular weight excluding hydrogens is 455 g/mol. The van der Waals surface area contributed by atoms with Gasteiger partial charge < -0.3 is 10.3 Å². The predicted molar refractivity (Wildman–Crippen MR) is 123 cm³/mol. The smallest absolute Gasteiger partial charge is 0.393 e. The van der Waals surface area contributed by atoms with Crippen molar-refractivity contribution in [3.8, 4) is 5.75 Å². The van der Waals surface area contributed by atoms with Crippen LogP contribution in [-0.2, 0) is 20.9 Å². The maximum absolute atomic E-state index is 12.7. The van der Waals surface area contributed by atoms with Crippen molar-refractivity contribution >= 4 is 15.7 Å². The molecule has 0 saturated heterocycles. The Labute approximate surface area is 193 Å². The number of benzene rings is 2. The quantitative estimate of drug-likeness (QED) is 0.293. The third kappa shape index (κ3) is 7.09. The fourth-order valence-corrected chi connectivity index (χ4v) is 3.76. The number of alkyl halides is 3. The molecule has 0 fully saturated rings. The van der Waals surface area contributed by atoms with Crippen molar-refractivity contribution in [2.45, 2.75) is 76.4 Å². The SMILES string of the molecule is CCC(C)(C)c1ccc(ONS(=O)(=O)c2ccc(NNC(F)(F)F)cc2)c(C(C)(C)CC)c1. The number of hydrogen-bond acceptors (Lipinski definition) is 5. The van der Waals surface area contributed by atoms with Gasteiger partial charge in [0, 0.05) is 11.3 Å². The maximum atomic E-state index is 12.7. The molecule has 0 heterocycles. The van der Waals surface area contributed by atoms with Gasteiger partial charge in [0.05, 0.1) is 4.90 Å². The van der Waals surface area contributed by atoms with Gasteiger partial charge in [0.1, 0.15) is 0 Å². The third-order valence-electron chi connectivity index (χ3n) is 6.03. The number of rotatable bonds is 10. The lowest BCUT2D eigenvalue weighted by molar-refractivity contribution is -0.151. The summed E-state index contributed by atoms with van der Waals surface area (Å²) in [5, 5.41) is 0. The molecule has 0 atom stereocenters. The van der Waals surface area contributed by atoms with Crippen LogP contribution >= 0.6 is 0 Å². The van der Waals surface area contributed by atoms with Crippen LogP contribution in [0.3, 0.4) is 0 Å². The topological polar surface area (TPSA) is 79.5 Å². The normalized spacial score (nSPS) is 13.1. The Morgan fingerprint density at radius 1 is 0.879 bits per heavy atom. The Hall–Kier alpha value is -2.30. The molecule has 0 bridgehead atoms. The molecule has 0 unspecified atom stereocenters. The van der Waals surface area contributed by atoms with Crippen LogP contribution in [0.2, 0.25) is 0 Å². The first-order chi connectivity index (χ1) is 15.1. The molecule has 0 amide bonds. The molecule has 2 rings (SSSR count). The molecule has 10 heteroatoms. The molecule has 0 aliphatic rings. The lowest BCUT2D eigenvalue weighted by Gasteiger charge is -2.30. The van der Waals surface area contributed by atoms with Crippen molar-refractivity contribution in [2.24, 2.45) is 0 Å². The second-order valence-electron chi connectivity index (χ2n) is 9.15. The second-order valence-corrected chi connectivity index (χ2v) is 10.8. The second kappa shape index (κ2) is 9.90. The summed E-state index contributed by atoms with van der Waals surface area (Å²) in [5.41, 5.74) is 4.85. The number of anilines is 1. The molecule has 0 saturated carbocycles. The Kier molecular flexibility index (Phi) is 8.09. The molecule has 0 aromatic heterocycles. The van der Waals surface area contributed by atoms with Gasteiger partial charge in [-0.25, -0.2) is 8.42 Å². The number of sulfonamides is 1. The summed E-state index contributed by atoms with van der Waals surface area (Å²) in [6.07, 6.45) is -2.87. The average Bonchev–Trinajstić information content (AvgIpc) is 2.76. The van der Waals surface area contributed by atoms with Crippen molar-refractivity contribution in [2.75, 3.05) is 5.43 Å². The van der Waals surface area contributed by atoms with Gasteiger partial charge in [-0.1, -0.05) is 53.7 Å². The standard InChI is InChI=1S/C23H32F3N3O3S/c1-7-21(3,4)16-9-14-20(19(15-16)22(5,6)8-2)32-29-33(30,31)18-12-10-17(11-13-18)27-28-23(24,25)26/h9-15,27-29H,7-8H2,1-6H3. The van der Waals surface area contributed by atoms with E-state index in [2.05, 4.69) is 52.5 Å². The van der Waals surface area contributed by atoms with Crippen molar-refractivity contribution in [1.82, 2.24) is 10.3 Å². The molecule has 2 aromatic rings. The highest BCUT2D eigenvalue weighted by atomic mass is 32.2. The minimum absolute atomic E-state index is 0.0483. The zero-order valence-corrected chi connectivity index (χ0v) is 20.5. The molecule has 6 nitrogen and oxygen atoms in total. The monoisotopic (exact) mass is 487 g/mol. The van der Waals surface area contributed by atoms with Crippen molar-refractivity contribution in [3.05, 3.63) is 53.6 Å². The molecule has 0 aliphatic carbocycles. The largest absolute Gasteiger partial charge is 0.474 e. The average molecular weight is 488 g/mol. The van der Waals surface area contributed by atoms with Gasteiger partial charge in [-0.3, -0.25) is 0 Å². The van der Waals surface area contributed by atoms with Gasteiger partial charge in [0.25, 0.3) is 10.0 Å². The van der Waals surface area contributed by atoms with Gasteiger partial charge >= 0.3 is 6.30 Å². The summed E-state index contributed by atoms with van der Waals surface area (Å²) in [4.78, 5) is 7.53. The van der Waals surface area contributed by atoms with E-state index in [0.717, 1.165) is 29.4 Å². The number of hydrogen-bond donors (Lipinski definition) is 3. The summed E-state index contributed by atoms with van der Waals surface area (Å²) in [7, 11) is -4.07. The summed E-state index contributed by atoms with van der Waals surface area (Å²) >= 11 is 0. The van der Waals surface area contributed by atoms with Gasteiger partial charge in [0.2, 0.25) is 0 Å². The van der Waals surface area contributed by atoms with Crippen LogP contribution in [0.15, 0.2) is 47.4 Å². The maximum Gasteiger partial charge on any atom is 0.474 e. The van der Waals surface area contributed by atoms with Gasteiger partial charge in [-0.05, 0) is 64.5 Å². The molecule has 0 spiro atoms. The van der Waals surface area contributed by atoms with Gasteiger partial charge in [-0.2, -0.15) is 13.2 Å². The van der Waals surface area contributed by atoms with E-state index in [4.69, 9.17) is 4.84 Å². The molecular formula is C23H32F3N3O3S. The fourth-order valence-electron chi connectivity index (χ4n) is 2.97. The fraction of sp³-hybridized carbons (Fsp3) is 0.478. The highest BCUT2D eigenvalue weighted by molar-refractivity contribution is 7.89. The molecule has 184 valence electrons. The van der Waals surface area contributed by atoms with E-state index in [1.807, 2.05) is 11.5 Å². The Morgan fingerprint density at radius 2 is 1.45 bits per heavy atom.